The summed E-state index contributed by atoms with van der Waals surface area (Å²) in [5.74, 6) is -0.179. The van der Waals surface area contributed by atoms with Gasteiger partial charge in [0.15, 0.2) is 0 Å². The van der Waals surface area contributed by atoms with E-state index in [0.717, 1.165) is 21.5 Å². The quantitative estimate of drug-likeness (QED) is 0.861. The van der Waals surface area contributed by atoms with Gasteiger partial charge in [0.05, 0.1) is 9.83 Å². The maximum Gasteiger partial charge on any atom is 0.123 e. The smallest absolute Gasteiger partial charge is 0.123 e. The van der Waals surface area contributed by atoms with Crippen LogP contribution in [0.5, 0.6) is 0 Å². The summed E-state index contributed by atoms with van der Waals surface area (Å²) in [4.78, 5) is 0. The Labute approximate surface area is 119 Å². The molecule has 0 radical (unpaired) electrons. The van der Waals surface area contributed by atoms with Gasteiger partial charge >= 0.3 is 0 Å². The molecule has 0 aliphatic heterocycles. The van der Waals surface area contributed by atoms with E-state index < -0.39 is 0 Å². The van der Waals surface area contributed by atoms with Gasteiger partial charge in [-0.2, -0.15) is 0 Å². The van der Waals surface area contributed by atoms with Crippen molar-refractivity contribution in [2.24, 2.45) is 0 Å². The molecule has 0 spiro atoms. The second-order valence-corrected chi connectivity index (χ2v) is 6.53. The standard InChI is InChI=1S/C14H15BrFNS/c1-3-17-14(11-7-13(15)18-8-11)10-4-9(2)5-12(16)6-10/h4-8,14,17H,3H2,1-2H3. The average molecular weight is 328 g/mol. The highest BCUT2D eigenvalue weighted by Crippen LogP contribution is 2.30. The van der Waals surface area contributed by atoms with Gasteiger partial charge in [-0.1, -0.05) is 13.0 Å². The highest BCUT2D eigenvalue weighted by Gasteiger charge is 2.15. The third-order valence-corrected chi connectivity index (χ3v) is 4.25. The van der Waals surface area contributed by atoms with E-state index >= 15 is 0 Å². The lowest BCUT2D eigenvalue weighted by Gasteiger charge is -2.18. The lowest BCUT2D eigenvalue weighted by atomic mass is 9.99. The van der Waals surface area contributed by atoms with Crippen LogP contribution in [0.1, 0.15) is 29.7 Å². The summed E-state index contributed by atoms with van der Waals surface area (Å²) in [6.07, 6.45) is 0. The first-order valence-electron chi connectivity index (χ1n) is 5.84. The van der Waals surface area contributed by atoms with Gasteiger partial charge in [0, 0.05) is 0 Å². The Bertz CT molecular complexity index is 518. The van der Waals surface area contributed by atoms with E-state index in [1.54, 1.807) is 23.5 Å². The number of rotatable bonds is 4. The second kappa shape index (κ2) is 5.95. The molecule has 0 fully saturated rings. The lowest BCUT2D eigenvalue weighted by molar-refractivity contribution is 0.602. The zero-order valence-electron chi connectivity index (χ0n) is 10.3. The van der Waals surface area contributed by atoms with Crippen LogP contribution in [0, 0.1) is 12.7 Å². The fourth-order valence-corrected chi connectivity index (χ4v) is 3.24. The van der Waals surface area contributed by atoms with Crippen molar-refractivity contribution in [2.45, 2.75) is 19.9 Å². The largest absolute Gasteiger partial charge is 0.307 e. The molecule has 1 unspecified atom stereocenters. The van der Waals surface area contributed by atoms with E-state index in [9.17, 15) is 4.39 Å². The molecule has 4 heteroatoms. The fourth-order valence-electron chi connectivity index (χ4n) is 2.04. The minimum absolute atomic E-state index is 0.0481. The zero-order valence-corrected chi connectivity index (χ0v) is 12.7. The first-order valence-corrected chi connectivity index (χ1v) is 7.52. The Morgan fingerprint density at radius 1 is 1.28 bits per heavy atom. The van der Waals surface area contributed by atoms with Crippen molar-refractivity contribution in [1.82, 2.24) is 5.32 Å². The number of hydrogen-bond donors (Lipinski definition) is 1. The molecule has 1 nitrogen and oxygen atoms in total. The van der Waals surface area contributed by atoms with Crippen LogP contribution < -0.4 is 5.32 Å². The molecule has 2 rings (SSSR count). The third kappa shape index (κ3) is 3.19. The molecule has 2 aromatic rings. The van der Waals surface area contributed by atoms with Gasteiger partial charge in [-0.3, -0.25) is 0 Å². The van der Waals surface area contributed by atoms with Crippen LogP contribution in [-0.2, 0) is 0 Å². The second-order valence-electron chi connectivity index (χ2n) is 4.24. The summed E-state index contributed by atoms with van der Waals surface area (Å²) in [6.45, 7) is 4.81. The number of halogens is 2. The number of nitrogens with one attached hydrogen (secondary N) is 1. The molecule has 18 heavy (non-hydrogen) atoms. The van der Waals surface area contributed by atoms with Gasteiger partial charge in [-0.25, -0.2) is 4.39 Å². The van der Waals surface area contributed by atoms with Crippen LogP contribution in [0.15, 0.2) is 33.4 Å². The summed E-state index contributed by atoms with van der Waals surface area (Å²) >= 11 is 5.11. The molecule has 1 heterocycles. The first kappa shape index (κ1) is 13.7. The fraction of sp³-hybridized carbons (Fsp3) is 0.286. The molecule has 96 valence electrons. The normalized spacial score (nSPS) is 12.7. The predicted octanol–water partition coefficient (Wildman–Crippen LogP) is 4.66. The third-order valence-electron chi connectivity index (χ3n) is 2.73. The molecule has 1 aromatic heterocycles. The van der Waals surface area contributed by atoms with E-state index in [2.05, 4.69) is 39.6 Å². The van der Waals surface area contributed by atoms with Crippen LogP contribution >= 0.6 is 27.3 Å². The van der Waals surface area contributed by atoms with Crippen molar-refractivity contribution in [3.8, 4) is 0 Å². The van der Waals surface area contributed by atoms with Crippen molar-refractivity contribution in [1.29, 1.82) is 0 Å². The minimum Gasteiger partial charge on any atom is -0.307 e. The molecule has 0 bridgehead atoms. The molecule has 1 atom stereocenters. The maximum absolute atomic E-state index is 13.5. The lowest BCUT2D eigenvalue weighted by Crippen LogP contribution is -2.21. The van der Waals surface area contributed by atoms with Crippen molar-refractivity contribution < 1.29 is 4.39 Å². The first-order chi connectivity index (χ1) is 8.60. The van der Waals surface area contributed by atoms with Gasteiger partial charge < -0.3 is 5.32 Å². The topological polar surface area (TPSA) is 12.0 Å². The predicted molar refractivity (Wildman–Crippen MR) is 78.7 cm³/mol. The van der Waals surface area contributed by atoms with E-state index in [4.69, 9.17) is 0 Å². The Kier molecular flexibility index (Phi) is 4.54. The Morgan fingerprint density at radius 2 is 2.06 bits per heavy atom. The number of hydrogen-bond acceptors (Lipinski definition) is 2. The minimum atomic E-state index is -0.179. The molecule has 1 N–H and O–H groups in total. The van der Waals surface area contributed by atoms with Crippen LogP contribution in [0.3, 0.4) is 0 Å². The SMILES string of the molecule is CCNC(c1cc(C)cc(F)c1)c1csc(Br)c1. The molecule has 0 aliphatic carbocycles. The van der Waals surface area contributed by atoms with Gasteiger partial charge in [0.25, 0.3) is 0 Å². The summed E-state index contributed by atoms with van der Waals surface area (Å²) < 4.78 is 14.6. The Morgan fingerprint density at radius 3 is 2.61 bits per heavy atom. The van der Waals surface area contributed by atoms with E-state index in [1.165, 1.54) is 5.56 Å². The van der Waals surface area contributed by atoms with Crippen LogP contribution in [0.25, 0.3) is 0 Å². The molecule has 0 saturated heterocycles. The van der Waals surface area contributed by atoms with Crippen molar-refractivity contribution in [3.63, 3.8) is 0 Å². The summed E-state index contributed by atoms with van der Waals surface area (Å²) in [7, 11) is 0. The molecular weight excluding hydrogens is 313 g/mol. The van der Waals surface area contributed by atoms with Crippen LogP contribution in [0.2, 0.25) is 0 Å². The highest BCUT2D eigenvalue weighted by atomic mass is 79.9. The zero-order chi connectivity index (χ0) is 13.1. The van der Waals surface area contributed by atoms with Crippen molar-refractivity contribution >= 4 is 27.3 Å². The summed E-state index contributed by atoms with van der Waals surface area (Å²) in [5.41, 5.74) is 3.08. The summed E-state index contributed by atoms with van der Waals surface area (Å²) in [6, 6.07) is 7.31. The highest BCUT2D eigenvalue weighted by molar-refractivity contribution is 9.11. The monoisotopic (exact) mass is 327 g/mol. The number of benzene rings is 1. The molecule has 0 saturated carbocycles. The van der Waals surface area contributed by atoms with Gasteiger partial charge in [-0.05, 0) is 69.7 Å². The molecular formula is C14H15BrFNS. The van der Waals surface area contributed by atoms with Crippen molar-refractivity contribution in [3.05, 3.63) is 55.9 Å². The Balaban J connectivity index is 2.40. The molecule has 0 amide bonds. The van der Waals surface area contributed by atoms with Gasteiger partial charge in [-0.15, -0.1) is 11.3 Å². The number of aryl methyl sites for hydroxylation is 1. The van der Waals surface area contributed by atoms with Crippen LogP contribution in [0.4, 0.5) is 4.39 Å². The van der Waals surface area contributed by atoms with E-state index in [1.807, 2.05) is 13.0 Å². The van der Waals surface area contributed by atoms with Gasteiger partial charge in [0.1, 0.15) is 5.82 Å². The number of thiophene rings is 1. The Hall–Kier alpha value is -0.710. The molecule has 0 aliphatic rings. The van der Waals surface area contributed by atoms with Gasteiger partial charge in [0.2, 0.25) is 0 Å². The van der Waals surface area contributed by atoms with E-state index in [0.29, 0.717) is 0 Å². The summed E-state index contributed by atoms with van der Waals surface area (Å²) in [5, 5.41) is 5.50. The van der Waals surface area contributed by atoms with Crippen molar-refractivity contribution in [2.75, 3.05) is 6.54 Å². The average Bonchev–Trinajstić information content (AvgIpc) is 2.71. The van der Waals surface area contributed by atoms with E-state index in [-0.39, 0.29) is 11.9 Å². The molecule has 1 aromatic carbocycles. The maximum atomic E-state index is 13.5. The van der Waals surface area contributed by atoms with Crippen LogP contribution in [-0.4, -0.2) is 6.54 Å².